The zero-order chi connectivity index (χ0) is 12.3. The van der Waals surface area contributed by atoms with E-state index in [1.165, 1.54) is 37.1 Å². The normalized spacial score (nSPS) is 22.4. The summed E-state index contributed by atoms with van der Waals surface area (Å²) in [6, 6.07) is 11.0. The lowest BCUT2D eigenvalue weighted by molar-refractivity contribution is 0.827. The van der Waals surface area contributed by atoms with E-state index in [1.54, 1.807) is 0 Å². The van der Waals surface area contributed by atoms with Crippen molar-refractivity contribution in [2.24, 2.45) is 0 Å². The number of hydrogen-bond donors (Lipinski definition) is 0. The molecule has 0 saturated carbocycles. The maximum atomic E-state index is 2.52. The van der Waals surface area contributed by atoms with Gasteiger partial charge in [0, 0.05) is 5.16 Å². The van der Waals surface area contributed by atoms with Crippen LogP contribution in [0.25, 0.3) is 0 Å². The van der Waals surface area contributed by atoms with Gasteiger partial charge in [-0.05, 0) is 43.6 Å². The zero-order valence-electron chi connectivity index (χ0n) is 10.9. The molecule has 1 saturated heterocycles. The molecule has 0 amide bonds. The minimum absolute atomic E-state index is 0.155. The van der Waals surface area contributed by atoms with Gasteiger partial charge >= 0.3 is 0 Å². The van der Waals surface area contributed by atoms with Gasteiger partial charge in [-0.15, -0.1) is 0 Å². The SMILES string of the molecule is C1=CC(Cc2ccccc2)(P2CCCC2)C=CC1. The highest BCUT2D eigenvalue weighted by Gasteiger charge is 2.36. The molecule has 0 unspecified atom stereocenters. The first-order chi connectivity index (χ1) is 8.89. The molecule has 94 valence electrons. The molecule has 0 spiro atoms. The van der Waals surface area contributed by atoms with Crippen molar-refractivity contribution in [1.82, 2.24) is 0 Å². The summed E-state index contributed by atoms with van der Waals surface area (Å²) in [6.07, 6.45) is 18.0. The summed E-state index contributed by atoms with van der Waals surface area (Å²) in [5.41, 5.74) is 1.49. The van der Waals surface area contributed by atoms with E-state index in [-0.39, 0.29) is 7.92 Å². The van der Waals surface area contributed by atoms with Crippen LogP contribution in [0.3, 0.4) is 0 Å². The third-order valence-corrected chi connectivity index (χ3v) is 7.46. The largest absolute Gasteiger partial charge is 0.0920 e. The van der Waals surface area contributed by atoms with E-state index in [9.17, 15) is 0 Å². The van der Waals surface area contributed by atoms with E-state index in [2.05, 4.69) is 54.6 Å². The second kappa shape index (κ2) is 5.41. The van der Waals surface area contributed by atoms with Crippen molar-refractivity contribution < 1.29 is 0 Å². The molecule has 0 nitrogen and oxygen atoms in total. The molecule has 0 bridgehead atoms. The Bertz CT molecular complexity index is 426. The summed E-state index contributed by atoms with van der Waals surface area (Å²) >= 11 is 0. The number of hydrogen-bond acceptors (Lipinski definition) is 0. The Balaban J connectivity index is 1.88. The summed E-state index contributed by atoms with van der Waals surface area (Å²) in [6.45, 7) is 0. The fourth-order valence-electron chi connectivity index (χ4n) is 3.18. The molecule has 1 aromatic rings. The smallest absolute Gasteiger partial charge is 0.0302 e. The average Bonchev–Trinajstić information content (AvgIpc) is 2.95. The lowest BCUT2D eigenvalue weighted by Crippen LogP contribution is -2.26. The van der Waals surface area contributed by atoms with Gasteiger partial charge in [-0.2, -0.15) is 0 Å². The van der Waals surface area contributed by atoms with E-state index in [0.717, 1.165) is 6.42 Å². The minimum Gasteiger partial charge on any atom is -0.0920 e. The van der Waals surface area contributed by atoms with Crippen LogP contribution in [0.1, 0.15) is 24.8 Å². The molecule has 1 aliphatic heterocycles. The Morgan fingerprint density at radius 3 is 2.28 bits per heavy atom. The first-order valence-corrected chi connectivity index (χ1v) is 8.75. The zero-order valence-corrected chi connectivity index (χ0v) is 11.8. The van der Waals surface area contributed by atoms with E-state index < -0.39 is 0 Å². The number of allylic oxidation sites excluding steroid dienone is 4. The van der Waals surface area contributed by atoms with Crippen LogP contribution in [-0.4, -0.2) is 17.5 Å². The maximum absolute atomic E-state index is 2.52. The summed E-state index contributed by atoms with van der Waals surface area (Å²) in [7, 11) is 0.155. The Morgan fingerprint density at radius 2 is 1.61 bits per heavy atom. The standard InChI is InChI=1S/C17H21P/c1-3-9-16(10-4-1)15-17(11-5-2-6-12-17)18-13-7-8-14-18/h1,3-6,9-12H,2,7-8,13-15H2. The van der Waals surface area contributed by atoms with Gasteiger partial charge in [-0.25, -0.2) is 0 Å². The molecule has 3 rings (SSSR count). The van der Waals surface area contributed by atoms with Crippen LogP contribution in [0, 0.1) is 0 Å². The number of rotatable bonds is 3. The molecule has 18 heavy (non-hydrogen) atoms. The summed E-state index contributed by atoms with van der Waals surface area (Å²) in [5, 5.41) is 0.367. The molecular formula is C17H21P. The Morgan fingerprint density at radius 1 is 0.944 bits per heavy atom. The molecule has 1 aromatic carbocycles. The van der Waals surface area contributed by atoms with Crippen LogP contribution < -0.4 is 0 Å². The van der Waals surface area contributed by atoms with Crippen molar-refractivity contribution in [3.05, 3.63) is 60.2 Å². The van der Waals surface area contributed by atoms with Crippen molar-refractivity contribution in [2.75, 3.05) is 12.3 Å². The van der Waals surface area contributed by atoms with E-state index in [1.807, 2.05) is 0 Å². The van der Waals surface area contributed by atoms with Crippen molar-refractivity contribution in [3.8, 4) is 0 Å². The molecular weight excluding hydrogens is 235 g/mol. The summed E-state index contributed by atoms with van der Waals surface area (Å²) in [4.78, 5) is 0. The molecule has 1 heteroatoms. The lowest BCUT2D eigenvalue weighted by Gasteiger charge is -2.36. The van der Waals surface area contributed by atoms with Gasteiger partial charge in [-0.1, -0.05) is 62.6 Å². The molecule has 0 aromatic heterocycles. The minimum atomic E-state index is 0.155. The fourth-order valence-corrected chi connectivity index (χ4v) is 6.48. The van der Waals surface area contributed by atoms with Gasteiger partial charge in [0.15, 0.2) is 0 Å². The van der Waals surface area contributed by atoms with E-state index in [4.69, 9.17) is 0 Å². The topological polar surface area (TPSA) is 0 Å². The van der Waals surface area contributed by atoms with E-state index >= 15 is 0 Å². The van der Waals surface area contributed by atoms with Gasteiger partial charge in [0.05, 0.1) is 0 Å². The van der Waals surface area contributed by atoms with Crippen LogP contribution in [0.4, 0.5) is 0 Å². The summed E-state index contributed by atoms with van der Waals surface area (Å²) < 4.78 is 0. The molecule has 1 aliphatic carbocycles. The molecule has 0 N–H and O–H groups in total. The monoisotopic (exact) mass is 256 g/mol. The molecule has 0 radical (unpaired) electrons. The highest BCUT2D eigenvalue weighted by molar-refractivity contribution is 7.60. The first kappa shape index (κ1) is 12.2. The fraction of sp³-hybridized carbons (Fsp3) is 0.412. The molecule has 2 aliphatic rings. The van der Waals surface area contributed by atoms with Gasteiger partial charge in [0.2, 0.25) is 0 Å². The number of benzene rings is 1. The quantitative estimate of drug-likeness (QED) is 0.540. The highest BCUT2D eigenvalue weighted by Crippen LogP contribution is 2.58. The maximum Gasteiger partial charge on any atom is 0.0302 e. The molecule has 1 heterocycles. The van der Waals surface area contributed by atoms with Crippen molar-refractivity contribution in [2.45, 2.75) is 30.8 Å². The predicted molar refractivity (Wildman–Crippen MR) is 81.7 cm³/mol. The van der Waals surface area contributed by atoms with Crippen LogP contribution in [-0.2, 0) is 6.42 Å². The molecule has 1 fully saturated rings. The first-order valence-electron chi connectivity index (χ1n) is 7.03. The van der Waals surface area contributed by atoms with Crippen LogP contribution in [0.15, 0.2) is 54.6 Å². The van der Waals surface area contributed by atoms with Crippen LogP contribution >= 0.6 is 7.92 Å². The van der Waals surface area contributed by atoms with Crippen LogP contribution in [0.5, 0.6) is 0 Å². The van der Waals surface area contributed by atoms with Crippen molar-refractivity contribution >= 4 is 7.92 Å². The van der Waals surface area contributed by atoms with Crippen molar-refractivity contribution in [3.63, 3.8) is 0 Å². The lowest BCUT2D eigenvalue weighted by atomic mass is 9.94. The van der Waals surface area contributed by atoms with Gasteiger partial charge in [0.25, 0.3) is 0 Å². The summed E-state index contributed by atoms with van der Waals surface area (Å²) in [5.74, 6) is 0. The Hall–Kier alpha value is -0.870. The highest BCUT2D eigenvalue weighted by atomic mass is 31.1. The average molecular weight is 256 g/mol. The Kier molecular flexibility index (Phi) is 3.66. The second-order valence-electron chi connectivity index (χ2n) is 5.39. The van der Waals surface area contributed by atoms with Gasteiger partial charge < -0.3 is 0 Å². The van der Waals surface area contributed by atoms with E-state index in [0.29, 0.717) is 5.16 Å². The Labute approximate surface area is 112 Å². The predicted octanol–water partition coefficient (Wildman–Crippen LogP) is 4.76. The third kappa shape index (κ3) is 2.45. The molecule has 0 atom stereocenters. The van der Waals surface area contributed by atoms with Gasteiger partial charge in [0.1, 0.15) is 0 Å². The third-order valence-electron chi connectivity index (χ3n) is 4.11. The second-order valence-corrected chi connectivity index (χ2v) is 8.19. The van der Waals surface area contributed by atoms with Gasteiger partial charge in [-0.3, -0.25) is 0 Å². The van der Waals surface area contributed by atoms with Crippen LogP contribution in [0.2, 0.25) is 0 Å². The van der Waals surface area contributed by atoms with Crippen molar-refractivity contribution in [1.29, 1.82) is 0 Å².